The third kappa shape index (κ3) is 6.16. The minimum absolute atomic E-state index is 0.00670. The van der Waals surface area contributed by atoms with Gasteiger partial charge in [-0.25, -0.2) is 4.99 Å². The molecule has 2 aromatic carbocycles. The molecule has 170 valence electrons. The molecule has 0 aliphatic rings. The highest BCUT2D eigenvalue weighted by molar-refractivity contribution is 5.79. The van der Waals surface area contributed by atoms with Crippen molar-refractivity contribution in [2.24, 2.45) is 4.99 Å². The first-order chi connectivity index (χ1) is 15.6. The fourth-order valence-electron chi connectivity index (χ4n) is 3.03. The van der Waals surface area contributed by atoms with Gasteiger partial charge >= 0.3 is 6.61 Å². The van der Waals surface area contributed by atoms with Gasteiger partial charge in [0.1, 0.15) is 6.33 Å². The molecular weight excluding hydrogens is 418 g/mol. The lowest BCUT2D eigenvalue weighted by molar-refractivity contribution is -0.0520. The quantitative estimate of drug-likeness (QED) is 0.368. The molecule has 0 unspecified atom stereocenters. The minimum Gasteiger partial charge on any atom is -0.490 e. The van der Waals surface area contributed by atoms with Gasteiger partial charge in [-0.2, -0.15) is 8.78 Å². The topological polar surface area (TPSA) is 85.6 Å². The molecule has 0 radical (unpaired) electrons. The molecule has 0 saturated heterocycles. The largest absolute Gasteiger partial charge is 0.490 e. The van der Waals surface area contributed by atoms with Gasteiger partial charge in [-0.05, 0) is 32.0 Å². The monoisotopic (exact) mass is 444 g/mol. The number of nitrogens with one attached hydrogen (secondary N) is 2. The molecule has 1 aromatic heterocycles. The first kappa shape index (κ1) is 23.0. The first-order valence-corrected chi connectivity index (χ1v) is 10.3. The molecule has 0 atom stereocenters. The molecule has 8 nitrogen and oxygen atoms in total. The fraction of sp³-hybridized carbons (Fsp3) is 0.318. The van der Waals surface area contributed by atoms with Crippen molar-refractivity contribution in [1.82, 2.24) is 25.4 Å². The van der Waals surface area contributed by atoms with Crippen LogP contribution in [0.1, 0.15) is 25.2 Å². The van der Waals surface area contributed by atoms with Crippen molar-refractivity contribution in [2.45, 2.75) is 33.5 Å². The summed E-state index contributed by atoms with van der Waals surface area (Å²) in [6.45, 7) is 2.18. The molecule has 32 heavy (non-hydrogen) atoms. The van der Waals surface area contributed by atoms with Gasteiger partial charge < -0.3 is 20.1 Å². The molecular formula is C22H26F2N6O2. The Bertz CT molecular complexity index is 1010. The Balaban J connectivity index is 1.75. The van der Waals surface area contributed by atoms with Crippen LogP contribution in [0.4, 0.5) is 8.78 Å². The van der Waals surface area contributed by atoms with E-state index in [0.717, 1.165) is 5.69 Å². The zero-order valence-electron chi connectivity index (χ0n) is 18.0. The van der Waals surface area contributed by atoms with Crippen LogP contribution in [0.15, 0.2) is 59.9 Å². The maximum absolute atomic E-state index is 12.9. The third-order valence-corrected chi connectivity index (χ3v) is 4.39. The van der Waals surface area contributed by atoms with E-state index < -0.39 is 6.61 Å². The molecule has 0 aliphatic heterocycles. The molecule has 2 N–H and O–H groups in total. The van der Waals surface area contributed by atoms with Crippen LogP contribution in [0.25, 0.3) is 5.69 Å². The molecule has 0 amide bonds. The highest BCUT2D eigenvalue weighted by Crippen LogP contribution is 2.33. The summed E-state index contributed by atoms with van der Waals surface area (Å²) in [7, 11) is 0. The second-order valence-electron chi connectivity index (χ2n) is 6.56. The third-order valence-electron chi connectivity index (χ3n) is 4.39. The van der Waals surface area contributed by atoms with Crippen LogP contribution in [-0.2, 0) is 13.1 Å². The average molecular weight is 444 g/mol. The van der Waals surface area contributed by atoms with Crippen LogP contribution >= 0.6 is 0 Å². The Morgan fingerprint density at radius 3 is 2.62 bits per heavy atom. The highest BCUT2D eigenvalue weighted by atomic mass is 19.3. The minimum atomic E-state index is -2.96. The number of alkyl halides is 2. The predicted octanol–water partition coefficient (Wildman–Crippen LogP) is 3.52. The number of hydrogen-bond acceptors (Lipinski definition) is 5. The summed E-state index contributed by atoms with van der Waals surface area (Å²) in [5.74, 6) is 1.45. The van der Waals surface area contributed by atoms with Crippen LogP contribution in [0.2, 0.25) is 0 Å². The summed E-state index contributed by atoms with van der Waals surface area (Å²) in [6, 6.07) is 14.7. The number of rotatable bonds is 10. The van der Waals surface area contributed by atoms with Gasteiger partial charge in [-0.1, -0.05) is 30.3 Å². The normalized spacial score (nSPS) is 11.5. The number of benzene rings is 2. The standard InChI is InChI=1S/C22H26F2N6O2/c1-3-25-22(27-14-19-29-28-15-30(19)17-10-6-5-7-11-17)26-13-16-9-8-12-18(31-4-2)20(16)32-21(23)24/h5-12,15,21H,3-4,13-14H2,1-2H3,(H2,25,26,27). The number of aliphatic imine (C=N–C) groups is 1. The number of ether oxygens (including phenoxy) is 2. The van der Waals surface area contributed by atoms with Crippen LogP contribution in [-0.4, -0.2) is 40.5 Å². The van der Waals surface area contributed by atoms with Crippen molar-refractivity contribution >= 4 is 5.96 Å². The maximum Gasteiger partial charge on any atom is 0.387 e. The Morgan fingerprint density at radius 2 is 1.91 bits per heavy atom. The summed E-state index contributed by atoms with van der Waals surface area (Å²) in [6.07, 6.45) is 1.64. The smallest absolute Gasteiger partial charge is 0.387 e. The van der Waals surface area contributed by atoms with E-state index in [1.54, 1.807) is 31.5 Å². The highest BCUT2D eigenvalue weighted by Gasteiger charge is 2.16. The molecule has 0 aliphatic carbocycles. The SMILES string of the molecule is CCNC(=NCc1cccc(OCC)c1OC(F)F)NCc1nncn1-c1ccccc1. The molecule has 0 saturated carbocycles. The zero-order valence-corrected chi connectivity index (χ0v) is 18.0. The van der Waals surface area contributed by atoms with Gasteiger partial charge in [0.25, 0.3) is 0 Å². The van der Waals surface area contributed by atoms with E-state index in [2.05, 4.69) is 25.8 Å². The lowest BCUT2D eigenvalue weighted by Gasteiger charge is -2.15. The lowest BCUT2D eigenvalue weighted by Crippen LogP contribution is -2.37. The lowest BCUT2D eigenvalue weighted by atomic mass is 10.2. The second kappa shape index (κ2) is 11.6. The van der Waals surface area contributed by atoms with E-state index in [-0.39, 0.29) is 18.0 Å². The van der Waals surface area contributed by atoms with E-state index in [0.29, 0.717) is 37.0 Å². The second-order valence-corrected chi connectivity index (χ2v) is 6.56. The number of para-hydroxylation sites is 2. The van der Waals surface area contributed by atoms with Crippen molar-refractivity contribution in [2.75, 3.05) is 13.2 Å². The van der Waals surface area contributed by atoms with Gasteiger partial charge in [0.15, 0.2) is 23.3 Å². The van der Waals surface area contributed by atoms with E-state index in [4.69, 9.17) is 9.47 Å². The van der Waals surface area contributed by atoms with Crippen molar-refractivity contribution in [1.29, 1.82) is 0 Å². The average Bonchev–Trinajstić information content (AvgIpc) is 3.26. The number of guanidine groups is 1. The van der Waals surface area contributed by atoms with Crippen LogP contribution in [0.3, 0.4) is 0 Å². The van der Waals surface area contributed by atoms with Crippen molar-refractivity contribution in [3.63, 3.8) is 0 Å². The summed E-state index contributed by atoms with van der Waals surface area (Å²) in [5, 5.41) is 14.5. The first-order valence-electron chi connectivity index (χ1n) is 10.3. The van der Waals surface area contributed by atoms with Gasteiger partial charge in [-0.3, -0.25) is 4.57 Å². The van der Waals surface area contributed by atoms with Crippen molar-refractivity contribution in [3.05, 3.63) is 66.2 Å². The Hall–Kier alpha value is -3.69. The fourth-order valence-corrected chi connectivity index (χ4v) is 3.03. The van der Waals surface area contributed by atoms with Gasteiger partial charge in [0.2, 0.25) is 0 Å². The zero-order chi connectivity index (χ0) is 22.8. The number of nitrogens with zero attached hydrogens (tertiary/aromatic N) is 4. The molecule has 3 rings (SSSR count). The van der Waals surface area contributed by atoms with E-state index in [9.17, 15) is 8.78 Å². The molecule has 0 bridgehead atoms. The maximum atomic E-state index is 12.9. The van der Waals surface area contributed by atoms with Crippen LogP contribution in [0, 0.1) is 0 Å². The van der Waals surface area contributed by atoms with Crippen LogP contribution in [0.5, 0.6) is 11.5 Å². The van der Waals surface area contributed by atoms with Crippen molar-refractivity contribution in [3.8, 4) is 17.2 Å². The van der Waals surface area contributed by atoms with Crippen LogP contribution < -0.4 is 20.1 Å². The number of aromatic nitrogens is 3. The Kier molecular flexibility index (Phi) is 8.36. The summed E-state index contributed by atoms with van der Waals surface area (Å²) >= 11 is 0. The summed E-state index contributed by atoms with van der Waals surface area (Å²) in [5.41, 5.74) is 1.43. The predicted molar refractivity (Wildman–Crippen MR) is 117 cm³/mol. The molecule has 0 spiro atoms. The van der Waals surface area contributed by atoms with Crippen molar-refractivity contribution < 1.29 is 18.3 Å². The molecule has 10 heteroatoms. The van der Waals surface area contributed by atoms with Gasteiger partial charge in [-0.15, -0.1) is 10.2 Å². The molecule has 0 fully saturated rings. The molecule has 3 aromatic rings. The van der Waals surface area contributed by atoms with Gasteiger partial charge in [0.05, 0.1) is 19.7 Å². The molecule has 1 heterocycles. The Morgan fingerprint density at radius 1 is 1.09 bits per heavy atom. The van der Waals surface area contributed by atoms with E-state index >= 15 is 0 Å². The summed E-state index contributed by atoms with van der Waals surface area (Å²) in [4.78, 5) is 4.51. The number of hydrogen-bond donors (Lipinski definition) is 2. The van der Waals surface area contributed by atoms with Gasteiger partial charge in [0, 0.05) is 17.8 Å². The number of halogens is 2. The van der Waals surface area contributed by atoms with E-state index in [1.807, 2.05) is 41.8 Å². The summed E-state index contributed by atoms with van der Waals surface area (Å²) < 4.78 is 37.9. The Labute approximate surface area is 185 Å². The van der Waals surface area contributed by atoms with E-state index in [1.165, 1.54) is 0 Å².